The van der Waals surface area contributed by atoms with Crippen molar-refractivity contribution in [3.05, 3.63) is 58.9 Å². The summed E-state index contributed by atoms with van der Waals surface area (Å²) >= 11 is 5.56. The summed E-state index contributed by atoms with van der Waals surface area (Å²) in [4.78, 5) is 11.5. The quantitative estimate of drug-likeness (QED) is 0.680. The van der Waals surface area contributed by atoms with Crippen LogP contribution >= 0.6 is 11.6 Å². The largest absolute Gasteiger partial charge is 0.482 e. The van der Waals surface area contributed by atoms with Crippen LogP contribution in [0, 0.1) is 5.82 Å². The molecule has 0 aliphatic carbocycles. The molecule has 4 nitrogen and oxygen atoms in total. The van der Waals surface area contributed by atoms with E-state index in [0.717, 1.165) is 0 Å². The zero-order chi connectivity index (χ0) is 15.2. The van der Waals surface area contributed by atoms with Gasteiger partial charge < -0.3 is 15.2 Å². The number of anilines is 1. The molecular formula is C15H13ClFNO3. The van der Waals surface area contributed by atoms with Crippen LogP contribution in [-0.2, 0) is 16.1 Å². The third kappa shape index (κ3) is 4.65. The first-order chi connectivity index (χ1) is 10.0. The Balaban J connectivity index is 1.79. The smallest absolute Gasteiger partial charge is 0.344 e. The van der Waals surface area contributed by atoms with E-state index in [4.69, 9.17) is 26.8 Å². The van der Waals surface area contributed by atoms with E-state index in [1.807, 2.05) is 0 Å². The van der Waals surface area contributed by atoms with E-state index in [-0.39, 0.29) is 18.2 Å². The predicted octanol–water partition coefficient (Wildman–Crippen LogP) is 3.18. The number of carbonyl (C=O) groups excluding carboxylic acids is 1. The molecule has 110 valence electrons. The van der Waals surface area contributed by atoms with E-state index >= 15 is 0 Å². The molecule has 0 amide bonds. The van der Waals surface area contributed by atoms with Crippen molar-refractivity contribution in [2.45, 2.75) is 6.61 Å². The molecule has 0 unspecified atom stereocenters. The molecule has 0 aromatic heterocycles. The van der Waals surface area contributed by atoms with Gasteiger partial charge in [0.2, 0.25) is 0 Å². The molecule has 21 heavy (non-hydrogen) atoms. The maximum atomic E-state index is 13.2. The first kappa shape index (κ1) is 15.1. The molecule has 0 radical (unpaired) electrons. The number of rotatable bonds is 5. The van der Waals surface area contributed by atoms with Gasteiger partial charge in [-0.1, -0.05) is 17.7 Å². The van der Waals surface area contributed by atoms with E-state index in [1.54, 1.807) is 30.3 Å². The summed E-state index contributed by atoms with van der Waals surface area (Å²) in [6, 6.07) is 10.8. The van der Waals surface area contributed by atoms with E-state index in [1.165, 1.54) is 12.1 Å². The second kappa shape index (κ2) is 6.95. The van der Waals surface area contributed by atoms with Crippen molar-refractivity contribution in [1.82, 2.24) is 0 Å². The second-order valence-electron chi connectivity index (χ2n) is 4.27. The number of ether oxygens (including phenoxy) is 2. The lowest BCUT2D eigenvalue weighted by atomic mass is 10.2. The highest BCUT2D eigenvalue weighted by Crippen LogP contribution is 2.16. The number of benzene rings is 2. The average Bonchev–Trinajstić information content (AvgIpc) is 2.48. The fourth-order valence-electron chi connectivity index (χ4n) is 1.54. The molecule has 0 fully saturated rings. The summed E-state index contributed by atoms with van der Waals surface area (Å²) in [6.07, 6.45) is 0. The Morgan fingerprint density at radius 2 is 1.90 bits per heavy atom. The molecule has 0 bridgehead atoms. The Kier molecular flexibility index (Phi) is 5.00. The third-order valence-electron chi connectivity index (χ3n) is 2.62. The fraction of sp³-hybridized carbons (Fsp3) is 0.133. The summed E-state index contributed by atoms with van der Waals surface area (Å²) in [6.45, 7) is -0.280. The first-order valence-corrected chi connectivity index (χ1v) is 6.50. The molecule has 0 heterocycles. The highest BCUT2D eigenvalue weighted by atomic mass is 35.5. The Bertz CT molecular complexity index is 631. The van der Waals surface area contributed by atoms with Crippen LogP contribution < -0.4 is 10.5 Å². The number of esters is 1. The molecule has 0 atom stereocenters. The molecule has 2 aromatic rings. The molecule has 0 aliphatic rings. The maximum absolute atomic E-state index is 13.2. The van der Waals surface area contributed by atoms with Gasteiger partial charge in [-0.15, -0.1) is 0 Å². The lowest BCUT2D eigenvalue weighted by Crippen LogP contribution is -2.14. The van der Waals surface area contributed by atoms with Gasteiger partial charge in [0.25, 0.3) is 0 Å². The maximum Gasteiger partial charge on any atom is 0.344 e. The van der Waals surface area contributed by atoms with Crippen molar-refractivity contribution in [3.63, 3.8) is 0 Å². The fourth-order valence-corrected chi connectivity index (χ4v) is 1.66. The Hall–Kier alpha value is -2.27. The summed E-state index contributed by atoms with van der Waals surface area (Å²) < 4.78 is 23.4. The van der Waals surface area contributed by atoms with Crippen molar-refractivity contribution in [1.29, 1.82) is 0 Å². The Labute approximate surface area is 126 Å². The van der Waals surface area contributed by atoms with Crippen molar-refractivity contribution < 1.29 is 18.7 Å². The van der Waals surface area contributed by atoms with Crippen LogP contribution in [-0.4, -0.2) is 12.6 Å². The van der Waals surface area contributed by atoms with Gasteiger partial charge in [0, 0.05) is 5.69 Å². The number of hydrogen-bond donors (Lipinski definition) is 1. The lowest BCUT2D eigenvalue weighted by molar-refractivity contribution is -0.147. The second-order valence-corrected chi connectivity index (χ2v) is 4.67. The molecule has 6 heteroatoms. The minimum atomic E-state index is -0.554. The molecule has 0 aliphatic heterocycles. The molecule has 2 aromatic carbocycles. The molecule has 0 saturated carbocycles. The van der Waals surface area contributed by atoms with Gasteiger partial charge in [-0.05, 0) is 42.0 Å². The Morgan fingerprint density at radius 3 is 2.57 bits per heavy atom. The van der Waals surface area contributed by atoms with Crippen molar-refractivity contribution >= 4 is 23.3 Å². The molecule has 0 saturated heterocycles. The number of nitrogen functional groups attached to an aromatic ring is 1. The molecule has 2 N–H and O–H groups in total. The van der Waals surface area contributed by atoms with Crippen LogP contribution in [0.2, 0.25) is 5.02 Å². The number of halogens is 2. The van der Waals surface area contributed by atoms with Crippen molar-refractivity contribution in [2.75, 3.05) is 12.3 Å². The van der Waals surface area contributed by atoms with Gasteiger partial charge in [0.1, 0.15) is 18.2 Å². The highest BCUT2D eigenvalue weighted by Gasteiger charge is 2.06. The molecular weight excluding hydrogens is 297 g/mol. The topological polar surface area (TPSA) is 61.5 Å². The predicted molar refractivity (Wildman–Crippen MR) is 77.6 cm³/mol. The van der Waals surface area contributed by atoms with E-state index in [9.17, 15) is 9.18 Å². The van der Waals surface area contributed by atoms with Crippen LogP contribution in [0.15, 0.2) is 42.5 Å². The SMILES string of the molecule is Nc1ccc(OCC(=O)OCc2ccc(Cl)c(F)c2)cc1. The number of carbonyl (C=O) groups is 1. The van der Waals surface area contributed by atoms with Crippen LogP contribution in [0.3, 0.4) is 0 Å². The normalized spacial score (nSPS) is 10.2. The molecule has 0 spiro atoms. The Morgan fingerprint density at radius 1 is 1.19 bits per heavy atom. The van der Waals surface area contributed by atoms with E-state index < -0.39 is 11.8 Å². The third-order valence-corrected chi connectivity index (χ3v) is 2.93. The van der Waals surface area contributed by atoms with Gasteiger partial charge >= 0.3 is 5.97 Å². The van der Waals surface area contributed by atoms with Crippen molar-refractivity contribution in [2.24, 2.45) is 0 Å². The van der Waals surface area contributed by atoms with Gasteiger partial charge in [-0.2, -0.15) is 0 Å². The highest BCUT2D eigenvalue weighted by molar-refractivity contribution is 6.30. The monoisotopic (exact) mass is 309 g/mol. The standard InChI is InChI=1S/C15H13ClFNO3/c16-13-6-1-10(7-14(13)17)8-21-15(19)9-20-12-4-2-11(18)3-5-12/h1-7H,8-9,18H2. The van der Waals surface area contributed by atoms with Crippen LogP contribution in [0.4, 0.5) is 10.1 Å². The van der Waals surface area contributed by atoms with Gasteiger partial charge in [-0.3, -0.25) is 0 Å². The number of hydrogen-bond acceptors (Lipinski definition) is 4. The minimum Gasteiger partial charge on any atom is -0.482 e. The lowest BCUT2D eigenvalue weighted by Gasteiger charge is -2.07. The van der Waals surface area contributed by atoms with Crippen LogP contribution in [0.5, 0.6) is 5.75 Å². The molecule has 2 rings (SSSR count). The van der Waals surface area contributed by atoms with Crippen molar-refractivity contribution in [3.8, 4) is 5.75 Å². The van der Waals surface area contributed by atoms with Gasteiger partial charge in [0.05, 0.1) is 5.02 Å². The zero-order valence-corrected chi connectivity index (χ0v) is 11.8. The average molecular weight is 310 g/mol. The number of nitrogens with two attached hydrogens (primary N) is 1. The zero-order valence-electron chi connectivity index (χ0n) is 11.0. The van der Waals surface area contributed by atoms with Gasteiger partial charge in [0.15, 0.2) is 6.61 Å². The summed E-state index contributed by atoms with van der Waals surface area (Å²) in [5.41, 5.74) is 6.65. The first-order valence-electron chi connectivity index (χ1n) is 6.12. The summed E-state index contributed by atoms with van der Waals surface area (Å²) in [7, 11) is 0. The van der Waals surface area contributed by atoms with Crippen LogP contribution in [0.1, 0.15) is 5.56 Å². The van der Waals surface area contributed by atoms with E-state index in [0.29, 0.717) is 17.0 Å². The summed E-state index contributed by atoms with van der Waals surface area (Å²) in [5, 5.41) is 0.0248. The van der Waals surface area contributed by atoms with E-state index in [2.05, 4.69) is 0 Å². The van der Waals surface area contributed by atoms with Crippen LogP contribution in [0.25, 0.3) is 0 Å². The minimum absolute atomic E-state index is 0.0248. The van der Waals surface area contributed by atoms with Gasteiger partial charge in [-0.25, -0.2) is 9.18 Å². The summed E-state index contributed by atoms with van der Waals surface area (Å²) in [5.74, 6) is -0.593.